The molecule has 0 saturated carbocycles. The van der Waals surface area contributed by atoms with Gasteiger partial charge in [0.2, 0.25) is 0 Å². The van der Waals surface area contributed by atoms with Gasteiger partial charge in [-0.05, 0) is 6.08 Å². The Morgan fingerprint density at radius 2 is 2.30 bits per heavy atom. The monoisotopic (exact) mass is 141 g/mol. The van der Waals surface area contributed by atoms with Crippen LogP contribution in [0.5, 0.6) is 0 Å². The SMILES string of the molecule is COC1=CC(OC)NC=C1. The van der Waals surface area contributed by atoms with E-state index in [1.54, 1.807) is 20.4 Å². The second kappa shape index (κ2) is 3.27. The van der Waals surface area contributed by atoms with Crippen molar-refractivity contribution in [2.75, 3.05) is 14.2 Å². The average molecular weight is 141 g/mol. The summed E-state index contributed by atoms with van der Waals surface area (Å²) in [4.78, 5) is 0. The van der Waals surface area contributed by atoms with Gasteiger partial charge >= 0.3 is 0 Å². The molecule has 0 aliphatic carbocycles. The van der Waals surface area contributed by atoms with Crippen LogP contribution in [0.3, 0.4) is 0 Å². The lowest BCUT2D eigenvalue weighted by molar-refractivity contribution is 0.118. The molecule has 1 atom stereocenters. The molecule has 0 aromatic rings. The smallest absolute Gasteiger partial charge is 0.150 e. The molecule has 0 amide bonds. The van der Waals surface area contributed by atoms with E-state index in [1.807, 2.05) is 12.2 Å². The van der Waals surface area contributed by atoms with Crippen molar-refractivity contribution in [3.05, 3.63) is 24.1 Å². The first-order chi connectivity index (χ1) is 4.86. The van der Waals surface area contributed by atoms with Crippen molar-refractivity contribution in [2.45, 2.75) is 6.23 Å². The largest absolute Gasteiger partial charge is 0.497 e. The molecule has 0 aromatic heterocycles. The molecule has 1 heterocycles. The van der Waals surface area contributed by atoms with Crippen molar-refractivity contribution in [3.63, 3.8) is 0 Å². The second-order valence-corrected chi connectivity index (χ2v) is 1.93. The number of allylic oxidation sites excluding steroid dienone is 1. The van der Waals surface area contributed by atoms with Gasteiger partial charge in [0.05, 0.1) is 7.11 Å². The molecule has 0 bridgehead atoms. The molecular weight excluding hydrogens is 130 g/mol. The van der Waals surface area contributed by atoms with E-state index >= 15 is 0 Å². The number of nitrogens with one attached hydrogen (secondary N) is 1. The highest BCUT2D eigenvalue weighted by Gasteiger charge is 2.05. The van der Waals surface area contributed by atoms with Gasteiger partial charge in [0.15, 0.2) is 0 Å². The molecule has 3 nitrogen and oxygen atoms in total. The molecule has 56 valence electrons. The van der Waals surface area contributed by atoms with Gasteiger partial charge in [-0.3, -0.25) is 0 Å². The molecule has 1 aliphatic heterocycles. The standard InChI is InChI=1S/C7H11NO2/c1-9-6-3-4-8-7(5-6)10-2/h3-5,7-8H,1-2H3. The van der Waals surface area contributed by atoms with Crippen molar-refractivity contribution in [1.29, 1.82) is 0 Å². The van der Waals surface area contributed by atoms with Crippen molar-refractivity contribution >= 4 is 0 Å². The Morgan fingerprint density at radius 1 is 1.50 bits per heavy atom. The number of methoxy groups -OCH3 is 2. The van der Waals surface area contributed by atoms with E-state index in [2.05, 4.69) is 5.32 Å². The van der Waals surface area contributed by atoms with Crippen molar-refractivity contribution in [1.82, 2.24) is 5.32 Å². The van der Waals surface area contributed by atoms with Crippen LogP contribution in [0.25, 0.3) is 0 Å². The second-order valence-electron chi connectivity index (χ2n) is 1.93. The van der Waals surface area contributed by atoms with Crippen molar-refractivity contribution in [2.24, 2.45) is 0 Å². The maximum Gasteiger partial charge on any atom is 0.150 e. The molecule has 10 heavy (non-hydrogen) atoms. The Balaban J connectivity index is 2.56. The van der Waals surface area contributed by atoms with E-state index in [9.17, 15) is 0 Å². The van der Waals surface area contributed by atoms with Gasteiger partial charge in [0.1, 0.15) is 12.0 Å². The summed E-state index contributed by atoms with van der Waals surface area (Å²) < 4.78 is 9.98. The first-order valence-corrected chi connectivity index (χ1v) is 3.08. The summed E-state index contributed by atoms with van der Waals surface area (Å²) in [5.74, 6) is 0.825. The highest BCUT2D eigenvalue weighted by Crippen LogP contribution is 2.04. The highest BCUT2D eigenvalue weighted by molar-refractivity contribution is 5.17. The van der Waals surface area contributed by atoms with E-state index in [0.717, 1.165) is 5.76 Å². The van der Waals surface area contributed by atoms with E-state index in [1.165, 1.54) is 0 Å². The Kier molecular flexibility index (Phi) is 2.34. The quantitative estimate of drug-likeness (QED) is 0.611. The molecule has 1 rings (SSSR count). The summed E-state index contributed by atoms with van der Waals surface area (Å²) in [5.41, 5.74) is 0. The van der Waals surface area contributed by atoms with Crippen LogP contribution in [-0.2, 0) is 9.47 Å². The van der Waals surface area contributed by atoms with Gasteiger partial charge in [0.25, 0.3) is 0 Å². The molecule has 1 N–H and O–H groups in total. The van der Waals surface area contributed by atoms with Gasteiger partial charge in [-0.15, -0.1) is 0 Å². The summed E-state index contributed by atoms with van der Waals surface area (Å²) in [5, 5.41) is 2.97. The zero-order valence-corrected chi connectivity index (χ0v) is 6.13. The van der Waals surface area contributed by atoms with Gasteiger partial charge in [-0.1, -0.05) is 0 Å². The lowest BCUT2D eigenvalue weighted by Crippen LogP contribution is -2.26. The number of rotatable bonds is 2. The van der Waals surface area contributed by atoms with Gasteiger partial charge < -0.3 is 14.8 Å². The van der Waals surface area contributed by atoms with Crippen LogP contribution >= 0.6 is 0 Å². The summed E-state index contributed by atoms with van der Waals surface area (Å²) in [7, 11) is 3.27. The number of hydrogen-bond donors (Lipinski definition) is 1. The van der Waals surface area contributed by atoms with Crippen LogP contribution in [0.1, 0.15) is 0 Å². The predicted molar refractivity (Wildman–Crippen MR) is 38.2 cm³/mol. The third-order valence-corrected chi connectivity index (χ3v) is 1.31. The molecule has 1 unspecified atom stereocenters. The molecule has 0 spiro atoms. The maximum absolute atomic E-state index is 5.00. The van der Waals surface area contributed by atoms with Gasteiger partial charge in [0, 0.05) is 19.4 Å². The van der Waals surface area contributed by atoms with E-state index in [0.29, 0.717) is 0 Å². The van der Waals surface area contributed by atoms with Crippen molar-refractivity contribution < 1.29 is 9.47 Å². The number of hydrogen-bond acceptors (Lipinski definition) is 3. The minimum Gasteiger partial charge on any atom is -0.497 e. The Hall–Kier alpha value is -0.960. The minimum atomic E-state index is -0.0556. The Morgan fingerprint density at radius 3 is 2.90 bits per heavy atom. The highest BCUT2D eigenvalue weighted by atomic mass is 16.5. The average Bonchev–Trinajstić information content (AvgIpc) is 2.05. The topological polar surface area (TPSA) is 30.5 Å². The fourth-order valence-corrected chi connectivity index (χ4v) is 0.750. The number of dihydropyridines is 1. The summed E-state index contributed by atoms with van der Waals surface area (Å²) in [6.45, 7) is 0. The zero-order valence-electron chi connectivity index (χ0n) is 6.13. The molecule has 0 fully saturated rings. The van der Waals surface area contributed by atoms with Crippen LogP contribution < -0.4 is 5.32 Å². The molecule has 0 aromatic carbocycles. The lowest BCUT2D eigenvalue weighted by atomic mass is 10.3. The summed E-state index contributed by atoms with van der Waals surface area (Å²) in [6, 6.07) is 0. The van der Waals surface area contributed by atoms with Crippen LogP contribution in [0.2, 0.25) is 0 Å². The Bertz CT molecular complexity index is 163. The molecule has 3 heteroatoms. The van der Waals surface area contributed by atoms with E-state index < -0.39 is 0 Å². The summed E-state index contributed by atoms with van der Waals surface area (Å²) in [6.07, 6.45) is 5.45. The molecule has 0 saturated heterocycles. The third-order valence-electron chi connectivity index (χ3n) is 1.31. The molecule has 1 aliphatic rings. The lowest BCUT2D eigenvalue weighted by Gasteiger charge is -2.15. The van der Waals surface area contributed by atoms with Crippen LogP contribution in [0.15, 0.2) is 24.1 Å². The van der Waals surface area contributed by atoms with E-state index in [4.69, 9.17) is 9.47 Å². The summed E-state index contributed by atoms with van der Waals surface area (Å²) >= 11 is 0. The van der Waals surface area contributed by atoms with Crippen molar-refractivity contribution in [3.8, 4) is 0 Å². The molecular formula is C7H11NO2. The first kappa shape index (κ1) is 7.15. The minimum absolute atomic E-state index is 0.0556. The third kappa shape index (κ3) is 1.51. The fourth-order valence-electron chi connectivity index (χ4n) is 0.750. The van der Waals surface area contributed by atoms with Crippen LogP contribution in [-0.4, -0.2) is 20.4 Å². The Labute approximate surface area is 60.3 Å². The van der Waals surface area contributed by atoms with E-state index in [-0.39, 0.29) is 6.23 Å². The first-order valence-electron chi connectivity index (χ1n) is 3.08. The normalized spacial score (nSPS) is 23.4. The van der Waals surface area contributed by atoms with Gasteiger partial charge in [-0.25, -0.2) is 0 Å². The van der Waals surface area contributed by atoms with Gasteiger partial charge in [-0.2, -0.15) is 0 Å². The maximum atomic E-state index is 5.00. The fraction of sp³-hybridized carbons (Fsp3) is 0.429. The van der Waals surface area contributed by atoms with Crippen LogP contribution in [0, 0.1) is 0 Å². The number of ether oxygens (including phenoxy) is 2. The predicted octanol–water partition coefficient (Wildman–Crippen LogP) is 0.606. The van der Waals surface area contributed by atoms with Crippen LogP contribution in [0.4, 0.5) is 0 Å². The molecule has 0 radical (unpaired) electrons. The zero-order chi connectivity index (χ0) is 7.40.